The van der Waals surface area contributed by atoms with Gasteiger partial charge in [0.25, 0.3) is 5.56 Å². The average molecular weight is 264 g/mol. The molecule has 3 nitrogen and oxygen atoms in total. The van der Waals surface area contributed by atoms with Gasteiger partial charge in [0.1, 0.15) is 17.5 Å². The second kappa shape index (κ2) is 5.73. The van der Waals surface area contributed by atoms with Gasteiger partial charge in [0.2, 0.25) is 0 Å². The van der Waals surface area contributed by atoms with E-state index in [9.17, 15) is 13.6 Å². The number of nitrogens with one attached hydrogen (secondary N) is 1. The van der Waals surface area contributed by atoms with Gasteiger partial charge in [-0.05, 0) is 24.1 Å². The molecule has 5 heteroatoms. The van der Waals surface area contributed by atoms with Crippen LogP contribution in [0.15, 0.2) is 29.1 Å². The molecule has 0 unspecified atom stereocenters. The van der Waals surface area contributed by atoms with E-state index < -0.39 is 11.6 Å². The number of aromatic amines is 1. The van der Waals surface area contributed by atoms with E-state index in [1.807, 2.05) is 6.92 Å². The van der Waals surface area contributed by atoms with E-state index in [1.165, 1.54) is 18.2 Å². The molecule has 0 bridgehead atoms. The summed E-state index contributed by atoms with van der Waals surface area (Å²) >= 11 is 0. The van der Waals surface area contributed by atoms with Crippen LogP contribution in [0.4, 0.5) is 8.78 Å². The van der Waals surface area contributed by atoms with Gasteiger partial charge >= 0.3 is 0 Å². The fourth-order valence-corrected chi connectivity index (χ4v) is 1.94. The number of rotatable bonds is 4. The molecule has 0 aliphatic carbocycles. The fourth-order valence-electron chi connectivity index (χ4n) is 1.94. The van der Waals surface area contributed by atoms with Crippen molar-refractivity contribution < 1.29 is 8.78 Å². The van der Waals surface area contributed by atoms with Crippen LogP contribution in [0.25, 0.3) is 0 Å². The van der Waals surface area contributed by atoms with Gasteiger partial charge in [-0.15, -0.1) is 0 Å². The minimum Gasteiger partial charge on any atom is -0.310 e. The number of nitrogens with zero attached hydrogens (tertiary/aromatic N) is 1. The van der Waals surface area contributed by atoms with Crippen LogP contribution in [0.2, 0.25) is 0 Å². The van der Waals surface area contributed by atoms with E-state index in [4.69, 9.17) is 0 Å². The third-order valence-corrected chi connectivity index (χ3v) is 2.64. The first-order chi connectivity index (χ1) is 9.06. The molecule has 1 N–H and O–H groups in total. The summed E-state index contributed by atoms with van der Waals surface area (Å²) < 4.78 is 26.2. The largest absolute Gasteiger partial charge is 0.310 e. The van der Waals surface area contributed by atoms with E-state index in [1.54, 1.807) is 0 Å². The van der Waals surface area contributed by atoms with Crippen molar-refractivity contribution in [1.29, 1.82) is 0 Å². The van der Waals surface area contributed by atoms with Gasteiger partial charge < -0.3 is 4.98 Å². The molecule has 2 aromatic rings. The van der Waals surface area contributed by atoms with Gasteiger partial charge in [-0.2, -0.15) is 0 Å². The number of hydrogen-bond acceptors (Lipinski definition) is 2. The topological polar surface area (TPSA) is 45.8 Å². The summed E-state index contributed by atoms with van der Waals surface area (Å²) in [5.74, 6) is -0.856. The molecule has 0 fully saturated rings. The number of H-pyrrole nitrogens is 1. The van der Waals surface area contributed by atoms with E-state index in [2.05, 4.69) is 9.97 Å². The molecule has 0 saturated carbocycles. The standard InChI is InChI=1S/C14H14F2N2O/c1-2-3-12-8-14(19)18-13(17-12)6-9-4-10(15)7-11(16)5-9/h4-5,7-8H,2-3,6H2,1H3,(H,17,18,19). The predicted octanol–water partition coefficient (Wildman–Crippen LogP) is 2.59. The Morgan fingerprint density at radius 1 is 1.16 bits per heavy atom. The minimum atomic E-state index is -0.637. The van der Waals surface area contributed by atoms with Crippen LogP contribution in [0.3, 0.4) is 0 Å². The van der Waals surface area contributed by atoms with Gasteiger partial charge in [0.05, 0.1) is 0 Å². The maximum atomic E-state index is 13.1. The van der Waals surface area contributed by atoms with Crippen molar-refractivity contribution >= 4 is 0 Å². The molecule has 0 amide bonds. The normalized spacial score (nSPS) is 10.7. The molecule has 1 heterocycles. The third kappa shape index (κ3) is 3.71. The summed E-state index contributed by atoms with van der Waals surface area (Å²) in [6.07, 6.45) is 1.78. The van der Waals surface area contributed by atoms with Crippen LogP contribution < -0.4 is 5.56 Å². The van der Waals surface area contributed by atoms with Crippen LogP contribution in [0, 0.1) is 11.6 Å². The smallest absolute Gasteiger partial charge is 0.251 e. The molecule has 0 spiro atoms. The third-order valence-electron chi connectivity index (χ3n) is 2.64. The first-order valence-electron chi connectivity index (χ1n) is 6.11. The number of hydrogen-bond donors (Lipinski definition) is 1. The van der Waals surface area contributed by atoms with Crippen LogP contribution >= 0.6 is 0 Å². The van der Waals surface area contributed by atoms with Crippen molar-refractivity contribution in [2.75, 3.05) is 0 Å². The molecule has 0 atom stereocenters. The first-order valence-corrected chi connectivity index (χ1v) is 6.11. The lowest BCUT2D eigenvalue weighted by Gasteiger charge is -2.04. The average Bonchev–Trinajstić information content (AvgIpc) is 2.26. The van der Waals surface area contributed by atoms with Crippen LogP contribution in [0.5, 0.6) is 0 Å². The number of aromatic nitrogens is 2. The Labute approximate surface area is 109 Å². The molecular weight excluding hydrogens is 250 g/mol. The zero-order valence-corrected chi connectivity index (χ0v) is 10.5. The Kier molecular flexibility index (Phi) is 4.04. The molecule has 0 aliphatic rings. The minimum absolute atomic E-state index is 0.196. The molecule has 0 aliphatic heterocycles. The van der Waals surface area contributed by atoms with Crippen LogP contribution in [0.1, 0.15) is 30.4 Å². The molecule has 2 rings (SSSR count). The van der Waals surface area contributed by atoms with Crippen molar-refractivity contribution in [2.45, 2.75) is 26.2 Å². The van der Waals surface area contributed by atoms with E-state index >= 15 is 0 Å². The van der Waals surface area contributed by atoms with Crippen molar-refractivity contribution in [3.05, 3.63) is 63.3 Å². The molecule has 0 saturated heterocycles. The summed E-state index contributed by atoms with van der Waals surface area (Å²) in [5, 5.41) is 0. The quantitative estimate of drug-likeness (QED) is 0.922. The van der Waals surface area contributed by atoms with Gasteiger partial charge in [-0.25, -0.2) is 13.8 Å². The maximum absolute atomic E-state index is 13.1. The summed E-state index contributed by atoms with van der Waals surface area (Å²) in [4.78, 5) is 18.3. The molecule has 100 valence electrons. The van der Waals surface area contributed by atoms with Crippen molar-refractivity contribution in [1.82, 2.24) is 9.97 Å². The molecule has 0 radical (unpaired) electrons. The monoisotopic (exact) mass is 264 g/mol. The van der Waals surface area contributed by atoms with Gasteiger partial charge in [0.15, 0.2) is 0 Å². The van der Waals surface area contributed by atoms with Crippen LogP contribution in [-0.4, -0.2) is 9.97 Å². The van der Waals surface area contributed by atoms with E-state index in [-0.39, 0.29) is 12.0 Å². The molecule has 1 aromatic carbocycles. The highest BCUT2D eigenvalue weighted by Crippen LogP contribution is 2.11. The Morgan fingerprint density at radius 2 is 1.84 bits per heavy atom. The van der Waals surface area contributed by atoms with Gasteiger partial charge in [0, 0.05) is 24.2 Å². The maximum Gasteiger partial charge on any atom is 0.251 e. The Balaban J connectivity index is 2.29. The second-order valence-corrected chi connectivity index (χ2v) is 4.39. The Bertz CT molecular complexity index is 617. The van der Waals surface area contributed by atoms with E-state index in [0.717, 1.165) is 12.5 Å². The SMILES string of the molecule is CCCc1cc(=O)[nH]c(Cc2cc(F)cc(F)c2)n1. The lowest BCUT2D eigenvalue weighted by molar-refractivity contribution is 0.580. The molecule has 19 heavy (non-hydrogen) atoms. The van der Waals surface area contributed by atoms with Gasteiger partial charge in [-0.3, -0.25) is 4.79 Å². The van der Waals surface area contributed by atoms with E-state index in [0.29, 0.717) is 23.5 Å². The number of benzene rings is 1. The summed E-state index contributed by atoms with van der Waals surface area (Å²) in [7, 11) is 0. The van der Waals surface area contributed by atoms with Crippen molar-refractivity contribution in [3.63, 3.8) is 0 Å². The summed E-state index contributed by atoms with van der Waals surface area (Å²) in [5.41, 5.74) is 0.887. The van der Waals surface area contributed by atoms with Crippen LogP contribution in [-0.2, 0) is 12.8 Å². The fraction of sp³-hybridized carbons (Fsp3) is 0.286. The summed E-state index contributed by atoms with van der Waals surface area (Å²) in [6.45, 7) is 1.99. The second-order valence-electron chi connectivity index (χ2n) is 4.39. The van der Waals surface area contributed by atoms with Crippen molar-refractivity contribution in [2.24, 2.45) is 0 Å². The number of halogens is 2. The van der Waals surface area contributed by atoms with Crippen molar-refractivity contribution in [3.8, 4) is 0 Å². The lowest BCUT2D eigenvalue weighted by Crippen LogP contribution is -2.13. The molecular formula is C14H14F2N2O. The zero-order valence-electron chi connectivity index (χ0n) is 10.5. The van der Waals surface area contributed by atoms with Gasteiger partial charge in [-0.1, -0.05) is 13.3 Å². The predicted molar refractivity (Wildman–Crippen MR) is 68.0 cm³/mol. The highest BCUT2D eigenvalue weighted by Gasteiger charge is 2.05. The number of aryl methyl sites for hydroxylation is 1. The highest BCUT2D eigenvalue weighted by molar-refractivity contribution is 5.21. The highest BCUT2D eigenvalue weighted by atomic mass is 19.1. The lowest BCUT2D eigenvalue weighted by atomic mass is 10.1. The Hall–Kier alpha value is -2.04. The Morgan fingerprint density at radius 3 is 2.47 bits per heavy atom. The molecule has 1 aromatic heterocycles. The summed E-state index contributed by atoms with van der Waals surface area (Å²) in [6, 6.07) is 4.72. The first kappa shape index (κ1) is 13.4. The zero-order chi connectivity index (χ0) is 13.8.